The molecule has 4 heavy (non-hydrogen) atoms. The lowest BCUT2D eigenvalue weighted by Crippen LogP contribution is -1.56. The highest BCUT2D eigenvalue weighted by Gasteiger charge is 1.65. The first-order valence-electron chi connectivity index (χ1n) is 1.32. The Morgan fingerprint density at radius 1 is 1.75 bits per heavy atom. The number of thiol groups is 1. The van der Waals surface area contributed by atoms with Gasteiger partial charge in [-0.15, -0.1) is 0 Å². The molecule has 0 nitrogen and oxygen atoms in total. The molecule has 0 unspecified atom stereocenters. The molecule has 0 aromatic heterocycles. The molecular formula is C3H7S+. The normalized spacial score (nSPS) is 7.25. The molecule has 24 valence electrons. The summed E-state index contributed by atoms with van der Waals surface area (Å²) in [6.07, 6.45) is 0.934. The molecule has 0 rings (SSSR count). The molecule has 0 aliphatic heterocycles. The molecule has 0 saturated carbocycles. The second kappa shape index (κ2) is 3.22. The Morgan fingerprint density at radius 3 is 2.00 bits per heavy atom. The van der Waals surface area contributed by atoms with E-state index < -0.39 is 0 Å². The third-order valence-electron chi connectivity index (χ3n) is 0.158. The molecule has 1 heteroatoms. The van der Waals surface area contributed by atoms with Crippen LogP contribution in [0.15, 0.2) is 0 Å². The Hall–Kier alpha value is 0.220. The lowest BCUT2D eigenvalue weighted by Gasteiger charge is -1.59. The maximum absolute atomic E-state index is 3.86. The van der Waals surface area contributed by atoms with E-state index in [1.807, 2.05) is 0 Å². The molecule has 0 atom stereocenters. The minimum absolute atomic E-state index is 0.903. The maximum atomic E-state index is 3.86. The predicted molar refractivity (Wildman–Crippen MR) is 23.8 cm³/mol. The molecule has 0 saturated heterocycles. The molecule has 0 fully saturated rings. The van der Waals surface area contributed by atoms with Gasteiger partial charge in [0.1, 0.15) is 0 Å². The van der Waals surface area contributed by atoms with Gasteiger partial charge < -0.3 is 0 Å². The molecule has 0 aromatic rings. The predicted octanol–water partition coefficient (Wildman–Crippen LogP) is 1.14. The minimum Gasteiger partial charge on any atom is -0.175 e. The van der Waals surface area contributed by atoms with E-state index in [-0.39, 0.29) is 0 Å². The van der Waals surface area contributed by atoms with Crippen molar-refractivity contribution in [1.82, 2.24) is 0 Å². The van der Waals surface area contributed by atoms with Gasteiger partial charge in [0.2, 0.25) is 0 Å². The van der Waals surface area contributed by atoms with Crippen LogP contribution >= 0.6 is 12.6 Å². The van der Waals surface area contributed by atoms with Gasteiger partial charge in [0, 0.05) is 5.75 Å². The van der Waals surface area contributed by atoms with Crippen molar-refractivity contribution in [1.29, 1.82) is 0 Å². The van der Waals surface area contributed by atoms with Crippen LogP contribution in [0.2, 0.25) is 0 Å². The van der Waals surface area contributed by atoms with Crippen molar-refractivity contribution >= 4 is 12.6 Å². The molecule has 0 N–H and O–H groups in total. The molecule has 0 radical (unpaired) electrons. The first-order valence-corrected chi connectivity index (χ1v) is 1.95. The fourth-order valence-electron chi connectivity index (χ4n) is 0. The van der Waals surface area contributed by atoms with Crippen molar-refractivity contribution < 1.29 is 0 Å². The molecule has 0 bridgehead atoms. The van der Waals surface area contributed by atoms with Crippen LogP contribution in [0.25, 0.3) is 0 Å². The molecule has 0 spiro atoms. The molecule has 0 heterocycles. The summed E-state index contributed by atoms with van der Waals surface area (Å²) < 4.78 is 0. The SMILES string of the molecule is [CH2+]CCS. The first kappa shape index (κ1) is 4.22. The Balaban J connectivity index is 1.97. The zero-order valence-electron chi connectivity index (χ0n) is 2.57. The number of rotatable bonds is 1. The number of hydrogen-bond acceptors (Lipinski definition) is 1. The van der Waals surface area contributed by atoms with E-state index in [1.54, 1.807) is 0 Å². The Labute approximate surface area is 32.6 Å². The second-order valence-corrected chi connectivity index (χ2v) is 1.02. The van der Waals surface area contributed by atoms with Crippen molar-refractivity contribution in [3.8, 4) is 0 Å². The monoisotopic (exact) mass is 75.0 g/mol. The summed E-state index contributed by atoms with van der Waals surface area (Å²) in [5, 5.41) is 0. The third-order valence-corrected chi connectivity index (χ3v) is 0.474. The van der Waals surface area contributed by atoms with Crippen LogP contribution < -0.4 is 0 Å². The topological polar surface area (TPSA) is 0 Å². The summed E-state index contributed by atoms with van der Waals surface area (Å²) in [6.45, 7) is 3.53. The Kier molecular flexibility index (Phi) is 3.40. The summed E-state index contributed by atoms with van der Waals surface area (Å²) in [6, 6.07) is 0. The van der Waals surface area contributed by atoms with Gasteiger partial charge in [0.25, 0.3) is 0 Å². The highest BCUT2D eigenvalue weighted by Crippen LogP contribution is 1.73. The summed E-state index contributed by atoms with van der Waals surface area (Å²) in [5.41, 5.74) is 0. The zero-order valence-corrected chi connectivity index (χ0v) is 3.46. The van der Waals surface area contributed by atoms with Crippen LogP contribution in [0.1, 0.15) is 6.42 Å². The molecule has 0 aromatic carbocycles. The smallest absolute Gasteiger partial charge is 0.0938 e. The van der Waals surface area contributed by atoms with Crippen LogP contribution in [-0.2, 0) is 0 Å². The van der Waals surface area contributed by atoms with Gasteiger partial charge in [0.15, 0.2) is 0 Å². The van der Waals surface area contributed by atoms with E-state index in [9.17, 15) is 0 Å². The van der Waals surface area contributed by atoms with Crippen molar-refractivity contribution in [3.63, 3.8) is 0 Å². The van der Waals surface area contributed by atoms with E-state index in [0.717, 1.165) is 12.2 Å². The third kappa shape index (κ3) is 2.22. The molecule has 0 amide bonds. The van der Waals surface area contributed by atoms with Crippen molar-refractivity contribution in [3.05, 3.63) is 6.92 Å². The van der Waals surface area contributed by atoms with Crippen LogP contribution in [0.5, 0.6) is 0 Å². The van der Waals surface area contributed by atoms with Gasteiger partial charge in [-0.1, -0.05) is 0 Å². The number of hydrogen-bond donors (Lipinski definition) is 1. The maximum Gasteiger partial charge on any atom is 0.0938 e. The average molecular weight is 75.2 g/mol. The highest BCUT2D eigenvalue weighted by atomic mass is 32.1. The van der Waals surface area contributed by atoms with Gasteiger partial charge in [-0.25, -0.2) is 0 Å². The standard InChI is InChI=1S/C3H6S/c1-2-3-4/h1-3H2/p+1. The lowest BCUT2D eigenvalue weighted by molar-refractivity contribution is 1.25. The quantitative estimate of drug-likeness (QED) is 0.350. The van der Waals surface area contributed by atoms with E-state index in [1.165, 1.54) is 0 Å². The molecule has 0 aliphatic carbocycles. The van der Waals surface area contributed by atoms with Gasteiger partial charge >= 0.3 is 0 Å². The lowest BCUT2D eigenvalue weighted by atomic mass is 10.6. The van der Waals surface area contributed by atoms with Crippen LogP contribution in [0.4, 0.5) is 0 Å². The Bertz CT molecular complexity index is 5.25. The largest absolute Gasteiger partial charge is 0.175 e. The van der Waals surface area contributed by atoms with Crippen LogP contribution in [0.3, 0.4) is 0 Å². The van der Waals surface area contributed by atoms with Gasteiger partial charge in [-0.3, -0.25) is 0 Å². The van der Waals surface area contributed by atoms with E-state index in [0.29, 0.717) is 0 Å². The van der Waals surface area contributed by atoms with Gasteiger partial charge in [0.05, 0.1) is 13.3 Å². The van der Waals surface area contributed by atoms with Crippen LogP contribution in [-0.4, -0.2) is 5.75 Å². The van der Waals surface area contributed by atoms with E-state index >= 15 is 0 Å². The Morgan fingerprint density at radius 2 is 2.00 bits per heavy atom. The van der Waals surface area contributed by atoms with Crippen molar-refractivity contribution in [2.75, 3.05) is 5.75 Å². The van der Waals surface area contributed by atoms with E-state index in [4.69, 9.17) is 0 Å². The van der Waals surface area contributed by atoms with Crippen LogP contribution in [0, 0.1) is 6.92 Å². The van der Waals surface area contributed by atoms with Gasteiger partial charge in [-0.2, -0.15) is 12.6 Å². The van der Waals surface area contributed by atoms with Crippen molar-refractivity contribution in [2.45, 2.75) is 6.42 Å². The van der Waals surface area contributed by atoms with E-state index in [2.05, 4.69) is 19.6 Å². The average Bonchev–Trinajstić information content (AvgIpc) is 1.37. The minimum atomic E-state index is 0.903. The van der Waals surface area contributed by atoms with Gasteiger partial charge in [-0.05, 0) is 0 Å². The molecule has 0 aliphatic rings. The fraction of sp³-hybridized carbons (Fsp3) is 0.667. The summed E-state index contributed by atoms with van der Waals surface area (Å²) in [7, 11) is 0. The summed E-state index contributed by atoms with van der Waals surface area (Å²) in [5.74, 6) is 0.903. The summed E-state index contributed by atoms with van der Waals surface area (Å²) in [4.78, 5) is 0. The first-order chi connectivity index (χ1) is 1.91. The van der Waals surface area contributed by atoms with Crippen molar-refractivity contribution in [2.24, 2.45) is 0 Å². The fourth-order valence-corrected chi connectivity index (χ4v) is 0. The summed E-state index contributed by atoms with van der Waals surface area (Å²) >= 11 is 3.86. The second-order valence-electron chi connectivity index (χ2n) is 0.577. The zero-order chi connectivity index (χ0) is 3.41. The molecular weight excluding hydrogens is 68.1 g/mol. The highest BCUT2D eigenvalue weighted by molar-refractivity contribution is 7.80.